The van der Waals surface area contributed by atoms with Crippen molar-refractivity contribution in [2.45, 2.75) is 38.5 Å². The van der Waals surface area contributed by atoms with Gasteiger partial charge < -0.3 is 5.11 Å². The fourth-order valence-corrected chi connectivity index (χ4v) is 5.79. The van der Waals surface area contributed by atoms with Crippen LogP contribution in [0.1, 0.15) is 38.5 Å². The number of hydrogen-bond acceptors (Lipinski definition) is 7. The van der Waals surface area contributed by atoms with Crippen LogP contribution in [0.3, 0.4) is 0 Å². The molecule has 0 radical (unpaired) electrons. The molecule has 144 valence electrons. The van der Waals surface area contributed by atoms with E-state index in [0.717, 1.165) is 25.3 Å². The minimum absolute atomic E-state index is 0.0845. The highest BCUT2D eigenvalue weighted by Crippen LogP contribution is 2.60. The molecule has 0 saturated heterocycles. The van der Waals surface area contributed by atoms with Crippen LogP contribution < -0.4 is 5.43 Å². The third-order valence-corrected chi connectivity index (χ3v) is 6.50. The number of nitro groups is 2. The molecule has 5 rings (SSSR count). The first kappa shape index (κ1) is 17.8. The lowest BCUT2D eigenvalue weighted by molar-refractivity contribution is -0.393. The highest BCUT2D eigenvalue weighted by Gasteiger charge is 2.53. The molecule has 4 saturated carbocycles. The average Bonchev–Trinajstić information content (AvgIpc) is 2.60. The lowest BCUT2D eigenvalue weighted by atomic mass is 9.48. The summed E-state index contributed by atoms with van der Waals surface area (Å²) in [5.41, 5.74) is 2.56. The lowest BCUT2D eigenvalue weighted by Gasteiger charge is -2.56. The van der Waals surface area contributed by atoms with Crippen LogP contribution in [0.15, 0.2) is 23.3 Å². The molecule has 0 aromatic heterocycles. The molecule has 27 heavy (non-hydrogen) atoms. The van der Waals surface area contributed by atoms with Crippen LogP contribution in [0.4, 0.5) is 17.1 Å². The Balaban J connectivity index is 1.61. The summed E-state index contributed by atoms with van der Waals surface area (Å²) < 4.78 is 0. The number of benzene rings is 1. The van der Waals surface area contributed by atoms with Gasteiger partial charge in [0, 0.05) is 11.5 Å². The summed E-state index contributed by atoms with van der Waals surface area (Å²) in [5, 5.41) is 36.5. The minimum Gasteiger partial charge on any atom is -0.390 e. The Morgan fingerprint density at radius 1 is 1.11 bits per heavy atom. The van der Waals surface area contributed by atoms with Crippen LogP contribution in [0.25, 0.3) is 0 Å². The first-order valence-corrected chi connectivity index (χ1v) is 9.27. The number of rotatable bonds is 6. The second-order valence-corrected chi connectivity index (χ2v) is 8.24. The molecule has 9 nitrogen and oxygen atoms in total. The maximum absolute atomic E-state index is 11.3. The molecule has 0 aliphatic heterocycles. The van der Waals surface area contributed by atoms with Crippen molar-refractivity contribution in [3.8, 4) is 0 Å². The van der Waals surface area contributed by atoms with Crippen LogP contribution in [-0.2, 0) is 0 Å². The number of anilines is 1. The fourth-order valence-electron chi connectivity index (χ4n) is 5.79. The van der Waals surface area contributed by atoms with Gasteiger partial charge in [0.25, 0.3) is 5.69 Å². The Bertz CT molecular complexity index is 787. The summed E-state index contributed by atoms with van der Waals surface area (Å²) >= 11 is 0. The zero-order valence-electron chi connectivity index (χ0n) is 14.8. The topological polar surface area (TPSA) is 131 Å². The average molecular weight is 374 g/mol. The molecule has 0 heterocycles. The summed E-state index contributed by atoms with van der Waals surface area (Å²) in [7, 11) is 0. The van der Waals surface area contributed by atoms with Crippen molar-refractivity contribution in [1.82, 2.24) is 0 Å². The number of nitrogens with one attached hydrogen (secondary N) is 1. The van der Waals surface area contributed by atoms with Gasteiger partial charge in [0.15, 0.2) is 0 Å². The zero-order valence-corrected chi connectivity index (χ0v) is 14.8. The smallest absolute Gasteiger partial charge is 0.301 e. The summed E-state index contributed by atoms with van der Waals surface area (Å²) in [6.07, 6.45) is 6.84. The van der Waals surface area contributed by atoms with Crippen molar-refractivity contribution in [2.24, 2.45) is 28.3 Å². The van der Waals surface area contributed by atoms with Crippen molar-refractivity contribution in [1.29, 1.82) is 0 Å². The van der Waals surface area contributed by atoms with E-state index < -0.39 is 15.5 Å². The summed E-state index contributed by atoms with van der Waals surface area (Å²) in [4.78, 5) is 20.8. The standard InChI is InChI=1S/C18H22N4O5/c23-10-17(18-7-11-3-12(8-18)5-13(4-11)9-18)20-19-15-2-1-14(21(24)25)6-16(15)22(26)27/h1-2,6,11-13,19,23H,3-5,7-10H2/b20-17-. The van der Waals surface area contributed by atoms with Crippen molar-refractivity contribution < 1.29 is 15.0 Å². The minimum atomic E-state index is -0.672. The first-order valence-electron chi connectivity index (χ1n) is 9.27. The molecule has 1 aromatic carbocycles. The molecule has 0 unspecified atom stereocenters. The molecule has 0 spiro atoms. The van der Waals surface area contributed by atoms with E-state index >= 15 is 0 Å². The van der Waals surface area contributed by atoms with Gasteiger partial charge in [-0.15, -0.1) is 0 Å². The molecule has 4 bridgehead atoms. The summed E-state index contributed by atoms with van der Waals surface area (Å²) in [6.45, 7) is -0.195. The van der Waals surface area contributed by atoms with Crippen LogP contribution in [0, 0.1) is 43.4 Å². The molecule has 4 fully saturated rings. The maximum Gasteiger partial charge on any atom is 0.301 e. The molecule has 2 N–H and O–H groups in total. The second-order valence-electron chi connectivity index (χ2n) is 8.24. The molecule has 9 heteroatoms. The SMILES string of the molecule is O=[N+]([O-])c1ccc(N/N=C(/CO)C23CC4CC(CC(C4)C2)C3)c([N+](=O)[O-])c1. The number of aliphatic hydroxyl groups excluding tert-OH is 1. The Morgan fingerprint density at radius 3 is 2.19 bits per heavy atom. The van der Waals surface area contributed by atoms with Crippen molar-refractivity contribution in [3.63, 3.8) is 0 Å². The lowest BCUT2D eigenvalue weighted by Crippen LogP contribution is -2.51. The Labute approximate surface area is 155 Å². The monoisotopic (exact) mass is 374 g/mol. The summed E-state index contributed by atoms with van der Waals surface area (Å²) in [5.74, 6) is 2.05. The zero-order chi connectivity index (χ0) is 19.2. The largest absolute Gasteiger partial charge is 0.390 e. The van der Waals surface area contributed by atoms with Gasteiger partial charge >= 0.3 is 5.69 Å². The fraction of sp³-hybridized carbons (Fsp3) is 0.611. The van der Waals surface area contributed by atoms with E-state index in [1.54, 1.807) is 0 Å². The van der Waals surface area contributed by atoms with E-state index in [-0.39, 0.29) is 23.4 Å². The van der Waals surface area contributed by atoms with Crippen LogP contribution in [-0.4, -0.2) is 27.3 Å². The van der Waals surface area contributed by atoms with Gasteiger partial charge in [0.05, 0.1) is 28.2 Å². The molecule has 4 aliphatic rings. The molecular weight excluding hydrogens is 352 g/mol. The van der Waals surface area contributed by atoms with Crippen LogP contribution in [0.5, 0.6) is 0 Å². The quantitative estimate of drug-likeness (QED) is 0.445. The summed E-state index contributed by atoms with van der Waals surface area (Å²) in [6, 6.07) is 3.41. The van der Waals surface area contributed by atoms with Crippen molar-refractivity contribution >= 4 is 22.8 Å². The number of nitrogens with zero attached hydrogens (tertiary/aromatic N) is 3. The second kappa shape index (κ2) is 6.56. The molecule has 0 amide bonds. The van der Waals surface area contributed by atoms with Crippen LogP contribution >= 0.6 is 0 Å². The molecule has 4 aliphatic carbocycles. The predicted octanol–water partition coefficient (Wildman–Crippen LogP) is 3.48. The van der Waals surface area contributed by atoms with Crippen LogP contribution in [0.2, 0.25) is 0 Å². The van der Waals surface area contributed by atoms with E-state index in [0.29, 0.717) is 23.5 Å². The predicted molar refractivity (Wildman–Crippen MR) is 98.5 cm³/mol. The highest BCUT2D eigenvalue weighted by atomic mass is 16.6. The number of hydrazone groups is 1. The van der Waals surface area contributed by atoms with Crippen molar-refractivity contribution in [2.75, 3.05) is 12.0 Å². The third kappa shape index (κ3) is 3.16. The van der Waals surface area contributed by atoms with Gasteiger partial charge in [-0.05, 0) is 62.3 Å². The van der Waals surface area contributed by atoms with E-state index in [9.17, 15) is 25.3 Å². The number of non-ortho nitro benzene ring substituents is 1. The highest BCUT2D eigenvalue weighted by molar-refractivity contribution is 5.92. The third-order valence-electron chi connectivity index (χ3n) is 6.50. The Hall–Kier alpha value is -2.55. The Morgan fingerprint density at radius 2 is 1.70 bits per heavy atom. The molecular formula is C18H22N4O5. The van der Waals surface area contributed by atoms with Crippen molar-refractivity contribution in [3.05, 3.63) is 38.4 Å². The normalized spacial score (nSPS) is 31.7. The Kier molecular flexibility index (Phi) is 4.33. The van der Waals surface area contributed by atoms with Gasteiger partial charge in [-0.2, -0.15) is 5.10 Å². The van der Waals surface area contributed by atoms with Gasteiger partial charge in [0.2, 0.25) is 0 Å². The number of nitro benzene ring substituents is 2. The van der Waals surface area contributed by atoms with E-state index in [2.05, 4.69) is 10.5 Å². The van der Waals surface area contributed by atoms with Gasteiger partial charge in [-0.3, -0.25) is 25.7 Å². The maximum atomic E-state index is 11.3. The van der Waals surface area contributed by atoms with E-state index in [4.69, 9.17) is 0 Å². The molecule has 0 atom stereocenters. The number of hydrogen-bond donors (Lipinski definition) is 2. The van der Waals surface area contributed by atoms with Gasteiger partial charge in [-0.1, -0.05) is 0 Å². The first-order chi connectivity index (χ1) is 12.9. The van der Waals surface area contributed by atoms with Gasteiger partial charge in [0.1, 0.15) is 5.69 Å². The molecule has 1 aromatic rings. The number of aliphatic hydroxyl groups is 1. The van der Waals surface area contributed by atoms with Gasteiger partial charge in [-0.25, -0.2) is 0 Å². The van der Waals surface area contributed by atoms with E-state index in [1.165, 1.54) is 31.4 Å². The van der Waals surface area contributed by atoms with E-state index in [1.807, 2.05) is 0 Å².